The molecule has 4 heteroatoms. The van der Waals surface area contributed by atoms with Gasteiger partial charge in [-0.3, -0.25) is 0 Å². The van der Waals surface area contributed by atoms with Gasteiger partial charge in [-0.1, -0.05) is 35.9 Å². The minimum Gasteiger partial charge on any atom is -0.479 e. The van der Waals surface area contributed by atoms with E-state index in [0.717, 1.165) is 22.7 Å². The molecule has 0 heterocycles. The van der Waals surface area contributed by atoms with Gasteiger partial charge >= 0.3 is 0 Å². The summed E-state index contributed by atoms with van der Waals surface area (Å²) in [5.41, 5.74) is 2.26. The highest BCUT2D eigenvalue weighted by molar-refractivity contribution is 6.30. The Morgan fingerprint density at radius 3 is 2.81 bits per heavy atom. The van der Waals surface area contributed by atoms with E-state index in [9.17, 15) is 0 Å². The van der Waals surface area contributed by atoms with Crippen molar-refractivity contribution in [1.29, 1.82) is 5.26 Å². The van der Waals surface area contributed by atoms with Crippen molar-refractivity contribution in [2.24, 2.45) is 0 Å². The Morgan fingerprint density at radius 1 is 1.24 bits per heavy atom. The van der Waals surface area contributed by atoms with Crippen molar-refractivity contribution in [3.8, 4) is 11.8 Å². The highest BCUT2D eigenvalue weighted by atomic mass is 35.5. The summed E-state index contributed by atoms with van der Waals surface area (Å²) < 4.78 is 5.30. The second-order valence-corrected chi connectivity index (χ2v) is 5.19. The first-order chi connectivity index (χ1) is 10.2. The van der Waals surface area contributed by atoms with Crippen LogP contribution in [0.5, 0.6) is 5.75 Å². The van der Waals surface area contributed by atoms with Crippen molar-refractivity contribution in [2.75, 3.05) is 6.61 Å². The predicted octanol–water partition coefficient (Wildman–Crippen LogP) is 4.09. The van der Waals surface area contributed by atoms with Gasteiger partial charge in [-0.15, -0.1) is 0 Å². The molecule has 1 N–H and O–H groups in total. The van der Waals surface area contributed by atoms with E-state index in [2.05, 4.69) is 18.3 Å². The van der Waals surface area contributed by atoms with Crippen molar-refractivity contribution >= 4 is 11.6 Å². The Morgan fingerprint density at radius 2 is 2.05 bits per heavy atom. The maximum Gasteiger partial charge on any atom is 0.174 e. The van der Waals surface area contributed by atoms with Gasteiger partial charge in [-0.25, -0.2) is 0 Å². The van der Waals surface area contributed by atoms with E-state index < -0.39 is 0 Å². The SMILES string of the molecule is C[C@@H](NCc1cccc(OCC#N)c1)c1cccc(Cl)c1. The third kappa shape index (κ3) is 4.78. The molecule has 2 rings (SSSR count). The van der Waals surface area contributed by atoms with E-state index in [1.807, 2.05) is 48.5 Å². The molecule has 2 aromatic rings. The number of ether oxygens (including phenoxy) is 1. The number of nitriles is 1. The number of hydrogen-bond donors (Lipinski definition) is 1. The molecule has 0 aliphatic heterocycles. The van der Waals surface area contributed by atoms with Gasteiger partial charge in [0.25, 0.3) is 0 Å². The second-order valence-electron chi connectivity index (χ2n) is 4.75. The molecule has 0 aromatic heterocycles. The fraction of sp³-hybridized carbons (Fsp3) is 0.235. The lowest BCUT2D eigenvalue weighted by Gasteiger charge is -2.15. The van der Waals surface area contributed by atoms with Crippen LogP contribution in [0.3, 0.4) is 0 Å². The van der Waals surface area contributed by atoms with Crippen LogP contribution in [0.1, 0.15) is 24.1 Å². The summed E-state index contributed by atoms with van der Waals surface area (Å²) in [7, 11) is 0. The van der Waals surface area contributed by atoms with E-state index in [0.29, 0.717) is 5.75 Å². The van der Waals surface area contributed by atoms with Gasteiger partial charge in [-0.05, 0) is 42.3 Å². The molecule has 0 bridgehead atoms. The summed E-state index contributed by atoms with van der Waals surface area (Å²) in [4.78, 5) is 0. The summed E-state index contributed by atoms with van der Waals surface area (Å²) in [6, 6.07) is 17.7. The number of hydrogen-bond acceptors (Lipinski definition) is 3. The van der Waals surface area contributed by atoms with Crippen LogP contribution >= 0.6 is 11.6 Å². The summed E-state index contributed by atoms with van der Waals surface area (Å²) in [5, 5.41) is 12.7. The molecular weight excluding hydrogens is 284 g/mol. The fourth-order valence-corrected chi connectivity index (χ4v) is 2.22. The molecule has 0 unspecified atom stereocenters. The summed E-state index contributed by atoms with van der Waals surface area (Å²) in [6.07, 6.45) is 0. The number of nitrogens with one attached hydrogen (secondary N) is 1. The van der Waals surface area contributed by atoms with Gasteiger partial charge in [0, 0.05) is 17.6 Å². The smallest absolute Gasteiger partial charge is 0.174 e. The molecule has 0 fully saturated rings. The van der Waals surface area contributed by atoms with Gasteiger partial charge in [0.1, 0.15) is 11.8 Å². The average Bonchev–Trinajstić information content (AvgIpc) is 2.51. The van der Waals surface area contributed by atoms with E-state index in [4.69, 9.17) is 21.6 Å². The molecule has 0 aliphatic rings. The van der Waals surface area contributed by atoms with Crippen LogP contribution in [-0.2, 0) is 6.54 Å². The third-order valence-electron chi connectivity index (χ3n) is 3.16. The summed E-state index contributed by atoms with van der Waals surface area (Å²) in [6.45, 7) is 2.88. The zero-order valence-corrected chi connectivity index (χ0v) is 12.6. The molecule has 0 aliphatic carbocycles. The van der Waals surface area contributed by atoms with E-state index in [-0.39, 0.29) is 12.6 Å². The Balaban J connectivity index is 1.95. The largest absolute Gasteiger partial charge is 0.479 e. The molecule has 0 amide bonds. The van der Waals surface area contributed by atoms with Crippen LogP contribution in [-0.4, -0.2) is 6.61 Å². The number of halogens is 1. The monoisotopic (exact) mass is 300 g/mol. The Kier molecular flexibility index (Phi) is 5.62. The number of rotatable bonds is 6. The zero-order chi connectivity index (χ0) is 15.1. The second kappa shape index (κ2) is 7.68. The molecule has 0 saturated heterocycles. The minimum absolute atomic E-state index is 0.0653. The highest BCUT2D eigenvalue weighted by Crippen LogP contribution is 2.18. The van der Waals surface area contributed by atoms with Gasteiger partial charge in [0.2, 0.25) is 0 Å². The van der Waals surface area contributed by atoms with E-state index >= 15 is 0 Å². The normalized spacial score (nSPS) is 11.7. The Hall–Kier alpha value is -2.02. The van der Waals surface area contributed by atoms with Crippen molar-refractivity contribution in [1.82, 2.24) is 5.32 Å². The standard InChI is InChI=1S/C17H17ClN2O/c1-13(15-5-3-6-16(18)11-15)20-12-14-4-2-7-17(10-14)21-9-8-19/h2-7,10-11,13,20H,9,12H2,1H3/t13-/m1/s1. The molecule has 108 valence electrons. The molecule has 0 radical (unpaired) electrons. The lowest BCUT2D eigenvalue weighted by atomic mass is 10.1. The lowest BCUT2D eigenvalue weighted by molar-refractivity contribution is 0.367. The first kappa shape index (κ1) is 15.4. The Bertz CT molecular complexity index is 637. The topological polar surface area (TPSA) is 45.0 Å². The van der Waals surface area contributed by atoms with Crippen LogP contribution in [0.2, 0.25) is 5.02 Å². The third-order valence-corrected chi connectivity index (χ3v) is 3.40. The van der Waals surface area contributed by atoms with Crippen LogP contribution in [0.15, 0.2) is 48.5 Å². The van der Waals surface area contributed by atoms with Gasteiger partial charge in [-0.2, -0.15) is 5.26 Å². The summed E-state index contributed by atoms with van der Waals surface area (Å²) in [5.74, 6) is 0.714. The summed E-state index contributed by atoms with van der Waals surface area (Å²) >= 11 is 6.00. The quantitative estimate of drug-likeness (QED) is 0.874. The molecule has 1 atom stereocenters. The van der Waals surface area contributed by atoms with Gasteiger partial charge in [0.05, 0.1) is 0 Å². The van der Waals surface area contributed by atoms with Crippen molar-refractivity contribution in [3.63, 3.8) is 0 Å². The lowest BCUT2D eigenvalue weighted by Crippen LogP contribution is -2.18. The van der Waals surface area contributed by atoms with E-state index in [1.54, 1.807) is 0 Å². The van der Waals surface area contributed by atoms with Crippen LogP contribution in [0.25, 0.3) is 0 Å². The zero-order valence-electron chi connectivity index (χ0n) is 11.8. The van der Waals surface area contributed by atoms with Crippen molar-refractivity contribution in [3.05, 3.63) is 64.7 Å². The Labute approximate surface area is 130 Å². The van der Waals surface area contributed by atoms with Gasteiger partial charge < -0.3 is 10.1 Å². The first-order valence-electron chi connectivity index (χ1n) is 6.76. The molecule has 21 heavy (non-hydrogen) atoms. The minimum atomic E-state index is 0.0653. The highest BCUT2D eigenvalue weighted by Gasteiger charge is 2.05. The number of benzene rings is 2. The van der Waals surface area contributed by atoms with E-state index in [1.165, 1.54) is 0 Å². The van der Waals surface area contributed by atoms with Crippen LogP contribution < -0.4 is 10.1 Å². The first-order valence-corrected chi connectivity index (χ1v) is 7.14. The van der Waals surface area contributed by atoms with Crippen LogP contribution in [0.4, 0.5) is 0 Å². The maximum atomic E-state index is 8.52. The molecule has 3 nitrogen and oxygen atoms in total. The maximum absolute atomic E-state index is 8.52. The fourth-order valence-electron chi connectivity index (χ4n) is 2.03. The van der Waals surface area contributed by atoms with Crippen molar-refractivity contribution in [2.45, 2.75) is 19.5 Å². The molecule has 0 saturated carbocycles. The average molecular weight is 301 g/mol. The predicted molar refractivity (Wildman–Crippen MR) is 84.3 cm³/mol. The van der Waals surface area contributed by atoms with Crippen molar-refractivity contribution < 1.29 is 4.74 Å². The molecular formula is C17H17ClN2O. The number of nitrogens with zero attached hydrogens (tertiary/aromatic N) is 1. The molecule has 2 aromatic carbocycles. The van der Waals surface area contributed by atoms with Gasteiger partial charge in [0.15, 0.2) is 6.61 Å². The molecule has 0 spiro atoms. The van der Waals surface area contributed by atoms with Crippen LogP contribution in [0, 0.1) is 11.3 Å².